The third-order valence-corrected chi connectivity index (χ3v) is 8.04. The molecule has 12 heteroatoms. The molecule has 0 spiro atoms. The van der Waals surface area contributed by atoms with Crippen molar-refractivity contribution in [2.45, 2.75) is 43.3 Å². The van der Waals surface area contributed by atoms with Crippen molar-refractivity contribution in [3.05, 3.63) is 58.5 Å². The Kier molecular flexibility index (Phi) is 7.21. The van der Waals surface area contributed by atoms with Gasteiger partial charge in [0.2, 0.25) is 5.88 Å². The van der Waals surface area contributed by atoms with Crippen LogP contribution in [0.15, 0.2) is 30.6 Å². The number of aromatic nitrogens is 4. The van der Waals surface area contributed by atoms with E-state index in [1.165, 1.54) is 18.2 Å². The van der Waals surface area contributed by atoms with Gasteiger partial charge >= 0.3 is 0 Å². The smallest absolute Gasteiger partial charge is 0.274 e. The number of anilines is 1. The number of carbonyl (C=O) groups is 1. The lowest BCUT2D eigenvalue weighted by atomic mass is 9.90. The summed E-state index contributed by atoms with van der Waals surface area (Å²) in [6.07, 6.45) is 3.30. The SMILES string of the molecule is Cn1cnc(C2CC3CC(O)(c4cc(OCC(O)CO)nn4C)CC3C2)c1C(=O)Nc1ccc(F)c(Cl)c1. The third-order valence-electron chi connectivity index (χ3n) is 7.75. The van der Waals surface area contributed by atoms with E-state index in [0.29, 0.717) is 29.9 Å². The summed E-state index contributed by atoms with van der Waals surface area (Å²) in [5.74, 6) is -0.0593. The van der Waals surface area contributed by atoms with E-state index in [1.807, 2.05) is 0 Å². The minimum absolute atomic E-state index is 0.0682. The van der Waals surface area contributed by atoms with Crippen LogP contribution < -0.4 is 10.1 Å². The number of carbonyl (C=O) groups excluding carboxylic acids is 1. The van der Waals surface area contributed by atoms with Gasteiger partial charge in [0.15, 0.2) is 0 Å². The molecule has 2 heterocycles. The number of hydrogen-bond acceptors (Lipinski definition) is 7. The van der Waals surface area contributed by atoms with E-state index in [1.54, 1.807) is 35.7 Å². The molecule has 2 aliphatic carbocycles. The lowest BCUT2D eigenvalue weighted by Crippen LogP contribution is -2.26. The maximum Gasteiger partial charge on any atom is 0.274 e. The van der Waals surface area contributed by atoms with Gasteiger partial charge in [-0.25, -0.2) is 9.37 Å². The van der Waals surface area contributed by atoms with Crippen LogP contribution in [0.4, 0.5) is 10.1 Å². The van der Waals surface area contributed by atoms with Crippen LogP contribution in [0.25, 0.3) is 0 Å². The second-order valence-corrected chi connectivity index (χ2v) is 10.8. The summed E-state index contributed by atoms with van der Waals surface area (Å²) in [4.78, 5) is 17.7. The standard InChI is InChI=1S/C26H31ClFN5O5/c1-32-13-29-23(24(32)25(36)30-17-3-4-20(28)19(27)7-17)14-5-15-9-26(37,10-16(15)6-14)21-8-22(31-33(21)2)38-12-18(35)11-34/h3-4,7-8,13-16,18,34-35,37H,5-6,9-12H2,1-2H3,(H,30,36). The molecule has 2 fully saturated rings. The van der Waals surface area contributed by atoms with Crippen LogP contribution >= 0.6 is 11.6 Å². The monoisotopic (exact) mass is 547 g/mol. The van der Waals surface area contributed by atoms with E-state index in [2.05, 4.69) is 15.4 Å². The van der Waals surface area contributed by atoms with Gasteiger partial charge in [-0.15, -0.1) is 5.10 Å². The lowest BCUT2D eigenvalue weighted by molar-refractivity contribution is 0.0263. The van der Waals surface area contributed by atoms with E-state index in [4.69, 9.17) is 21.4 Å². The molecule has 3 unspecified atom stereocenters. The number of aryl methyl sites for hydroxylation is 2. The number of ether oxygens (including phenoxy) is 1. The Morgan fingerprint density at radius 1 is 1.29 bits per heavy atom. The fourth-order valence-corrected chi connectivity index (χ4v) is 6.24. The number of nitrogens with one attached hydrogen (secondary N) is 1. The van der Waals surface area contributed by atoms with Gasteiger partial charge in [0.05, 0.1) is 29.3 Å². The number of nitrogens with zero attached hydrogens (tertiary/aromatic N) is 4. The van der Waals surface area contributed by atoms with Gasteiger partial charge in [-0.3, -0.25) is 9.48 Å². The lowest BCUT2D eigenvalue weighted by Gasteiger charge is -2.24. The van der Waals surface area contributed by atoms with Crippen LogP contribution in [0, 0.1) is 17.7 Å². The summed E-state index contributed by atoms with van der Waals surface area (Å²) >= 11 is 5.86. The number of imidazole rings is 1. The Hall–Kier alpha value is -2.99. The maximum atomic E-state index is 13.5. The van der Waals surface area contributed by atoms with Crippen LogP contribution in [0.1, 0.15) is 53.5 Å². The van der Waals surface area contributed by atoms with Gasteiger partial charge in [-0.05, 0) is 55.7 Å². The van der Waals surface area contributed by atoms with Crippen molar-refractivity contribution >= 4 is 23.2 Å². The first-order valence-electron chi connectivity index (χ1n) is 12.5. The van der Waals surface area contributed by atoms with Crippen LogP contribution in [-0.2, 0) is 19.7 Å². The summed E-state index contributed by atoms with van der Waals surface area (Å²) < 4.78 is 22.3. The molecule has 2 aliphatic rings. The molecule has 204 valence electrons. The number of amides is 1. The molecule has 3 atom stereocenters. The predicted octanol–water partition coefficient (Wildman–Crippen LogP) is 2.72. The molecule has 1 amide bonds. The summed E-state index contributed by atoms with van der Waals surface area (Å²) in [6.45, 7) is -0.499. The summed E-state index contributed by atoms with van der Waals surface area (Å²) in [5, 5.41) is 37.1. The first-order chi connectivity index (χ1) is 18.1. The normalized spacial score (nSPS) is 25.4. The van der Waals surface area contributed by atoms with Gasteiger partial charge in [-0.1, -0.05) is 11.6 Å². The number of aliphatic hydroxyl groups excluding tert-OH is 2. The highest BCUT2D eigenvalue weighted by Crippen LogP contribution is 2.57. The largest absolute Gasteiger partial charge is 0.474 e. The zero-order valence-corrected chi connectivity index (χ0v) is 21.9. The van der Waals surface area contributed by atoms with Crippen molar-refractivity contribution in [1.82, 2.24) is 19.3 Å². The van der Waals surface area contributed by atoms with Crippen molar-refractivity contribution in [1.29, 1.82) is 0 Å². The molecule has 0 aliphatic heterocycles. The number of halogens is 2. The third kappa shape index (κ3) is 5.03. The van der Waals surface area contributed by atoms with E-state index in [0.717, 1.165) is 18.5 Å². The van der Waals surface area contributed by atoms with E-state index >= 15 is 0 Å². The van der Waals surface area contributed by atoms with Crippen LogP contribution in [0.3, 0.4) is 0 Å². The molecule has 2 saturated carbocycles. The molecule has 0 radical (unpaired) electrons. The second kappa shape index (κ2) is 10.3. The zero-order valence-electron chi connectivity index (χ0n) is 21.1. The molecule has 1 aromatic carbocycles. The molecule has 38 heavy (non-hydrogen) atoms. The Balaban J connectivity index is 1.27. The molecular weight excluding hydrogens is 517 g/mol. The fourth-order valence-electron chi connectivity index (χ4n) is 6.06. The quantitative estimate of drug-likeness (QED) is 0.340. The first kappa shape index (κ1) is 26.6. The number of benzene rings is 1. The van der Waals surface area contributed by atoms with E-state index in [-0.39, 0.29) is 41.2 Å². The summed E-state index contributed by atoms with van der Waals surface area (Å²) in [6, 6.07) is 5.72. The minimum Gasteiger partial charge on any atom is -0.474 e. The highest BCUT2D eigenvalue weighted by molar-refractivity contribution is 6.31. The maximum absolute atomic E-state index is 13.5. The van der Waals surface area contributed by atoms with Crippen molar-refractivity contribution in [2.24, 2.45) is 25.9 Å². The van der Waals surface area contributed by atoms with E-state index < -0.39 is 24.1 Å². The van der Waals surface area contributed by atoms with Crippen molar-refractivity contribution in [2.75, 3.05) is 18.5 Å². The molecule has 3 aromatic rings. The van der Waals surface area contributed by atoms with Crippen LogP contribution in [0.2, 0.25) is 5.02 Å². The topological polar surface area (TPSA) is 135 Å². The van der Waals surface area contributed by atoms with Crippen molar-refractivity contribution in [3.63, 3.8) is 0 Å². The molecular formula is C26H31ClFN5O5. The Morgan fingerprint density at radius 3 is 2.66 bits per heavy atom. The van der Waals surface area contributed by atoms with Crippen LogP contribution in [0.5, 0.6) is 5.88 Å². The molecule has 2 aromatic heterocycles. The van der Waals surface area contributed by atoms with Crippen LogP contribution in [-0.4, -0.2) is 59.9 Å². The molecule has 5 rings (SSSR count). The number of aliphatic hydroxyl groups is 3. The Morgan fingerprint density at radius 2 is 2.00 bits per heavy atom. The number of fused-ring (bicyclic) bond motifs is 1. The average molecular weight is 548 g/mol. The summed E-state index contributed by atoms with van der Waals surface area (Å²) in [5.41, 5.74) is 1.14. The predicted molar refractivity (Wildman–Crippen MR) is 136 cm³/mol. The second-order valence-electron chi connectivity index (χ2n) is 10.4. The first-order valence-corrected chi connectivity index (χ1v) is 12.9. The number of hydrogen-bond donors (Lipinski definition) is 4. The molecule has 4 N–H and O–H groups in total. The molecule has 0 bridgehead atoms. The van der Waals surface area contributed by atoms with Gasteiger partial charge < -0.3 is 29.9 Å². The highest BCUT2D eigenvalue weighted by atomic mass is 35.5. The van der Waals surface area contributed by atoms with E-state index in [9.17, 15) is 19.4 Å². The fraction of sp³-hybridized carbons (Fsp3) is 0.500. The minimum atomic E-state index is -1.06. The molecule has 10 nitrogen and oxygen atoms in total. The Labute approximate surface area is 224 Å². The molecule has 0 saturated heterocycles. The zero-order chi connectivity index (χ0) is 27.2. The van der Waals surface area contributed by atoms with Gasteiger partial charge in [0, 0.05) is 31.8 Å². The van der Waals surface area contributed by atoms with Gasteiger partial charge in [0.25, 0.3) is 5.91 Å². The average Bonchev–Trinajstić information content (AvgIpc) is 3.61. The highest BCUT2D eigenvalue weighted by Gasteiger charge is 2.51. The van der Waals surface area contributed by atoms with Crippen molar-refractivity contribution < 1.29 is 29.2 Å². The Bertz CT molecular complexity index is 1330. The van der Waals surface area contributed by atoms with Gasteiger partial charge in [-0.2, -0.15) is 0 Å². The van der Waals surface area contributed by atoms with Gasteiger partial charge in [0.1, 0.15) is 29.8 Å². The number of rotatable bonds is 8. The summed E-state index contributed by atoms with van der Waals surface area (Å²) in [7, 11) is 3.51. The van der Waals surface area contributed by atoms with Crippen molar-refractivity contribution in [3.8, 4) is 5.88 Å².